The lowest BCUT2D eigenvalue weighted by atomic mass is 9.86. The summed E-state index contributed by atoms with van der Waals surface area (Å²) >= 11 is 0. The van der Waals surface area contributed by atoms with Crippen LogP contribution in [0, 0.1) is 0 Å². The van der Waals surface area contributed by atoms with Gasteiger partial charge in [-0.2, -0.15) is 0 Å². The van der Waals surface area contributed by atoms with Gasteiger partial charge in [0.25, 0.3) is 0 Å². The highest BCUT2D eigenvalue weighted by Crippen LogP contribution is 2.44. The fourth-order valence-electron chi connectivity index (χ4n) is 5.65. The van der Waals surface area contributed by atoms with Crippen molar-refractivity contribution in [1.29, 1.82) is 0 Å². The second-order valence-electron chi connectivity index (χ2n) is 9.49. The van der Waals surface area contributed by atoms with Crippen molar-refractivity contribution in [2.45, 2.75) is 6.42 Å². The maximum Gasteiger partial charge on any atom is 0.143 e. The van der Waals surface area contributed by atoms with Crippen LogP contribution in [0.15, 0.2) is 138 Å². The monoisotopic (exact) mass is 492 g/mol. The second kappa shape index (κ2) is 8.33. The Morgan fingerprint density at radius 3 is 2.00 bits per heavy atom. The molecule has 0 radical (unpaired) electrons. The van der Waals surface area contributed by atoms with Gasteiger partial charge in [0.1, 0.15) is 11.2 Å². The van der Waals surface area contributed by atoms with E-state index >= 15 is 0 Å². The summed E-state index contributed by atoms with van der Waals surface area (Å²) in [7, 11) is 0. The summed E-state index contributed by atoms with van der Waals surface area (Å²) in [6, 6.07) is 24.1. The minimum atomic E-state index is -0.424. The maximum atomic E-state index is 9.20. The van der Waals surface area contributed by atoms with Crippen molar-refractivity contribution in [3.8, 4) is 11.1 Å². The largest absolute Gasteiger partial charge is 0.455 e. The van der Waals surface area contributed by atoms with Crippen LogP contribution in [0.2, 0.25) is 0 Å². The number of benzene rings is 7. The van der Waals surface area contributed by atoms with Crippen molar-refractivity contribution >= 4 is 54.3 Å². The zero-order valence-electron chi connectivity index (χ0n) is 28.2. The lowest BCUT2D eigenvalue weighted by Gasteiger charge is -2.18. The fraction of sp³-hybridized carbons (Fsp3) is 0.0270. The van der Waals surface area contributed by atoms with Crippen LogP contribution in [0.3, 0.4) is 0 Å². The van der Waals surface area contributed by atoms with Crippen molar-refractivity contribution in [1.82, 2.24) is 0 Å². The molecule has 0 saturated heterocycles. The van der Waals surface area contributed by atoms with Gasteiger partial charge >= 0.3 is 0 Å². The summed E-state index contributed by atoms with van der Waals surface area (Å²) in [4.78, 5) is 0. The summed E-state index contributed by atoms with van der Waals surface area (Å²) < 4.78 is 77.7. The van der Waals surface area contributed by atoms with Gasteiger partial charge < -0.3 is 4.42 Å². The van der Waals surface area contributed by atoms with Gasteiger partial charge in [-0.15, -0.1) is 0 Å². The molecule has 0 aliphatic heterocycles. The minimum absolute atomic E-state index is 0.178. The molecule has 0 saturated carbocycles. The van der Waals surface area contributed by atoms with E-state index in [-0.39, 0.29) is 57.7 Å². The van der Waals surface area contributed by atoms with Gasteiger partial charge in [-0.1, -0.05) is 127 Å². The zero-order chi connectivity index (χ0) is 32.0. The first-order chi connectivity index (χ1) is 22.2. The van der Waals surface area contributed by atoms with Crippen molar-refractivity contribution in [3.05, 3.63) is 144 Å². The molecular weight excluding hydrogens is 460 g/mol. The normalized spacial score (nSPS) is 14.7. The summed E-state index contributed by atoms with van der Waals surface area (Å²) in [5.41, 5.74) is 3.13. The van der Waals surface area contributed by atoms with Crippen LogP contribution in [0.25, 0.3) is 65.4 Å². The van der Waals surface area contributed by atoms with E-state index < -0.39 is 24.2 Å². The number of para-hydroxylation sites is 2. The first-order valence-electron chi connectivity index (χ1n) is 16.5. The number of furan rings is 1. The van der Waals surface area contributed by atoms with Crippen LogP contribution in [-0.2, 0) is 6.42 Å². The molecule has 38 heavy (non-hydrogen) atoms. The molecule has 1 heterocycles. The average molecular weight is 493 g/mol. The predicted molar refractivity (Wildman–Crippen MR) is 161 cm³/mol. The smallest absolute Gasteiger partial charge is 0.143 e. The van der Waals surface area contributed by atoms with Gasteiger partial charge in [-0.25, -0.2) is 0 Å². The third-order valence-electron chi connectivity index (χ3n) is 7.35. The van der Waals surface area contributed by atoms with E-state index in [0.717, 1.165) is 27.1 Å². The Morgan fingerprint density at radius 1 is 0.553 bits per heavy atom. The average Bonchev–Trinajstić information content (AvgIpc) is 3.46. The van der Waals surface area contributed by atoms with Gasteiger partial charge in [0.2, 0.25) is 0 Å². The van der Waals surface area contributed by atoms with Crippen LogP contribution in [-0.4, -0.2) is 0 Å². The third-order valence-corrected chi connectivity index (χ3v) is 7.35. The molecule has 0 spiro atoms. The Labute approximate surface area is 231 Å². The van der Waals surface area contributed by atoms with E-state index in [9.17, 15) is 2.74 Å². The first-order valence-corrected chi connectivity index (χ1v) is 12.5. The maximum absolute atomic E-state index is 9.20. The van der Waals surface area contributed by atoms with Crippen LogP contribution < -0.4 is 0 Å². The Bertz CT molecular complexity index is 2520. The van der Waals surface area contributed by atoms with Crippen molar-refractivity contribution in [3.63, 3.8) is 0 Å². The van der Waals surface area contributed by atoms with E-state index in [1.54, 1.807) is 6.07 Å². The Hall–Kier alpha value is -4.88. The molecule has 0 fully saturated rings. The van der Waals surface area contributed by atoms with Gasteiger partial charge in [0.15, 0.2) is 0 Å². The molecule has 1 aromatic heterocycles. The molecule has 8 aromatic rings. The van der Waals surface area contributed by atoms with Crippen molar-refractivity contribution in [2.24, 2.45) is 0 Å². The molecule has 1 heteroatoms. The Morgan fingerprint density at radius 2 is 1.21 bits per heavy atom. The molecule has 178 valence electrons. The minimum Gasteiger partial charge on any atom is -0.455 e. The predicted octanol–water partition coefficient (Wildman–Crippen LogP) is 10.3. The molecule has 0 unspecified atom stereocenters. The van der Waals surface area contributed by atoms with Crippen LogP contribution >= 0.6 is 0 Å². The molecule has 7 aromatic carbocycles. The molecule has 0 N–H and O–H groups in total. The SMILES string of the molecule is [2H]c1c([2H])c([2H])c2c(-c3cccc4c3oc3ccccc34)c3c([2H])c([2H])c([2H])c([2H])c3c(Cc3ccc4ccccc4c3)c2c1[2H]. The van der Waals surface area contributed by atoms with E-state index in [1.807, 2.05) is 78.9 Å². The molecule has 0 aliphatic carbocycles. The summed E-state index contributed by atoms with van der Waals surface area (Å²) in [6.07, 6.45) is 0.178. The van der Waals surface area contributed by atoms with Crippen LogP contribution in [0.1, 0.15) is 22.1 Å². The summed E-state index contributed by atoms with van der Waals surface area (Å²) in [6.45, 7) is 0. The quantitative estimate of drug-likeness (QED) is 0.224. The fourth-order valence-corrected chi connectivity index (χ4v) is 5.65. The highest BCUT2D eigenvalue weighted by Gasteiger charge is 2.19. The molecule has 0 bridgehead atoms. The van der Waals surface area contributed by atoms with E-state index in [2.05, 4.69) is 0 Å². The van der Waals surface area contributed by atoms with Crippen molar-refractivity contribution < 1.29 is 15.4 Å². The van der Waals surface area contributed by atoms with Gasteiger partial charge in [-0.3, -0.25) is 0 Å². The highest BCUT2D eigenvalue weighted by atomic mass is 16.3. The van der Waals surface area contributed by atoms with Gasteiger partial charge in [-0.05, 0) is 55.9 Å². The third kappa shape index (κ3) is 3.19. The van der Waals surface area contributed by atoms with E-state index in [1.165, 1.54) is 0 Å². The first kappa shape index (κ1) is 14.8. The highest BCUT2D eigenvalue weighted by molar-refractivity contribution is 6.20. The van der Waals surface area contributed by atoms with Gasteiger partial charge in [0, 0.05) is 21.9 Å². The zero-order valence-corrected chi connectivity index (χ0v) is 20.2. The molecule has 0 aliphatic rings. The number of rotatable bonds is 3. The van der Waals surface area contributed by atoms with Crippen molar-refractivity contribution in [2.75, 3.05) is 0 Å². The lowest BCUT2D eigenvalue weighted by molar-refractivity contribution is 0.670. The molecule has 8 rings (SSSR count). The van der Waals surface area contributed by atoms with Gasteiger partial charge in [0.05, 0.1) is 11.0 Å². The van der Waals surface area contributed by atoms with Crippen LogP contribution in [0.5, 0.6) is 0 Å². The number of fused-ring (bicyclic) bond motifs is 6. The van der Waals surface area contributed by atoms with E-state index in [4.69, 9.17) is 12.6 Å². The van der Waals surface area contributed by atoms with Crippen LogP contribution in [0.4, 0.5) is 0 Å². The standard InChI is InChI=1S/C37H24O/c1-2-11-26-22-24(20-21-25(26)10-1)23-34-27-12-3-5-15-30(27)36(31-16-6-4-13-28(31)34)33-18-9-17-32-29-14-7-8-19-35(29)38-37(32)33/h1-22H,23H2/i3D,4D,5D,6D,12D,13D,15D,16D. The lowest BCUT2D eigenvalue weighted by Crippen LogP contribution is -1.95. The Balaban J connectivity index is 1.61. The molecule has 0 amide bonds. The molecule has 0 atom stereocenters. The molecule has 1 nitrogen and oxygen atoms in total. The topological polar surface area (TPSA) is 13.1 Å². The Kier molecular flexibility index (Phi) is 3.23. The van der Waals surface area contributed by atoms with E-state index in [0.29, 0.717) is 22.3 Å². The summed E-state index contributed by atoms with van der Waals surface area (Å²) in [5, 5.41) is 4.50. The number of hydrogen-bond acceptors (Lipinski definition) is 1. The molecular formula is C37H24O. The second-order valence-corrected chi connectivity index (χ2v) is 9.49. The summed E-state index contributed by atoms with van der Waals surface area (Å²) in [5.74, 6) is 0. The number of hydrogen-bond donors (Lipinski definition) is 0.